The van der Waals surface area contributed by atoms with Crippen LogP contribution in [0.15, 0.2) is 30.3 Å². The van der Waals surface area contributed by atoms with E-state index >= 15 is 0 Å². The largest absolute Gasteiger partial charge is 0.292 e. The second-order valence-electron chi connectivity index (χ2n) is 4.71. The average Bonchev–Trinajstić information content (AvgIpc) is 2.79. The predicted molar refractivity (Wildman–Crippen MR) is 88.0 cm³/mol. The highest BCUT2D eigenvalue weighted by atomic mass is 127. The highest BCUT2D eigenvalue weighted by Gasteiger charge is 2.17. The van der Waals surface area contributed by atoms with Crippen LogP contribution in [0, 0.1) is 22.1 Å². The summed E-state index contributed by atoms with van der Waals surface area (Å²) < 4.78 is 30.1. The molecular formula is C15H10ClF2IN2. The Bertz CT molecular complexity index is 845. The minimum Gasteiger partial charge on any atom is -0.292 e. The number of aromatic nitrogens is 2. The monoisotopic (exact) mass is 418 g/mol. The Labute approximate surface area is 138 Å². The molecule has 3 rings (SSSR count). The Balaban J connectivity index is 2.40. The summed E-state index contributed by atoms with van der Waals surface area (Å²) in [5.41, 5.74) is 2.33. The first-order valence-electron chi connectivity index (χ1n) is 6.20. The molecule has 2 aromatic carbocycles. The van der Waals surface area contributed by atoms with Gasteiger partial charge in [0.05, 0.1) is 26.2 Å². The molecule has 0 aliphatic rings. The van der Waals surface area contributed by atoms with Crippen molar-refractivity contribution >= 4 is 45.2 Å². The second-order valence-corrected chi connectivity index (χ2v) is 6.14. The molecule has 1 aromatic heterocycles. The van der Waals surface area contributed by atoms with Gasteiger partial charge in [-0.1, -0.05) is 6.07 Å². The normalized spacial score (nSPS) is 11.3. The molecule has 0 bridgehead atoms. The third-order valence-corrected chi connectivity index (χ3v) is 4.29. The van der Waals surface area contributed by atoms with Crippen molar-refractivity contribution in [3.05, 3.63) is 56.9 Å². The summed E-state index contributed by atoms with van der Waals surface area (Å²) in [6.45, 7) is 1.87. The number of benzene rings is 2. The van der Waals surface area contributed by atoms with Crippen LogP contribution < -0.4 is 0 Å². The summed E-state index contributed by atoms with van der Waals surface area (Å²) in [7, 11) is 0. The van der Waals surface area contributed by atoms with Crippen LogP contribution in [0.5, 0.6) is 0 Å². The van der Waals surface area contributed by atoms with Gasteiger partial charge in [-0.25, -0.2) is 13.8 Å². The lowest BCUT2D eigenvalue weighted by Crippen LogP contribution is -2.02. The van der Waals surface area contributed by atoms with Gasteiger partial charge in [0.2, 0.25) is 0 Å². The third-order valence-electron chi connectivity index (χ3n) is 3.23. The van der Waals surface area contributed by atoms with E-state index in [2.05, 4.69) is 4.98 Å². The van der Waals surface area contributed by atoms with Crippen LogP contribution in [-0.4, -0.2) is 9.55 Å². The Morgan fingerprint density at radius 2 is 1.95 bits per heavy atom. The summed E-state index contributed by atoms with van der Waals surface area (Å²) in [6.07, 6.45) is 0. The van der Waals surface area contributed by atoms with Gasteiger partial charge in [-0.15, -0.1) is 11.6 Å². The van der Waals surface area contributed by atoms with E-state index in [1.54, 1.807) is 22.8 Å². The van der Waals surface area contributed by atoms with E-state index < -0.39 is 5.82 Å². The predicted octanol–water partition coefficient (Wildman–Crippen LogP) is 4.96. The molecular weight excluding hydrogens is 409 g/mol. The van der Waals surface area contributed by atoms with Gasteiger partial charge in [-0.3, -0.25) is 4.57 Å². The number of nitrogens with zero attached hydrogens (tertiary/aromatic N) is 2. The summed E-state index contributed by atoms with van der Waals surface area (Å²) in [6, 6.07) is 7.76. The Kier molecular flexibility index (Phi) is 3.88. The highest BCUT2D eigenvalue weighted by Crippen LogP contribution is 2.27. The molecule has 0 saturated carbocycles. The van der Waals surface area contributed by atoms with Crippen molar-refractivity contribution in [1.29, 1.82) is 0 Å². The first-order chi connectivity index (χ1) is 10.0. The third kappa shape index (κ3) is 2.53. The van der Waals surface area contributed by atoms with E-state index in [4.69, 9.17) is 11.6 Å². The zero-order valence-electron chi connectivity index (χ0n) is 11.0. The molecule has 6 heteroatoms. The quantitative estimate of drug-likeness (QED) is 0.425. The molecule has 21 heavy (non-hydrogen) atoms. The minimum atomic E-state index is -0.398. The van der Waals surface area contributed by atoms with E-state index in [0.717, 1.165) is 5.56 Å². The molecule has 0 radical (unpaired) electrons. The fourth-order valence-corrected chi connectivity index (χ4v) is 2.91. The topological polar surface area (TPSA) is 17.8 Å². The Morgan fingerprint density at radius 3 is 2.67 bits per heavy atom. The molecule has 0 atom stereocenters. The van der Waals surface area contributed by atoms with Crippen molar-refractivity contribution in [2.24, 2.45) is 0 Å². The van der Waals surface area contributed by atoms with Crippen LogP contribution in [0.4, 0.5) is 8.78 Å². The van der Waals surface area contributed by atoms with Crippen molar-refractivity contribution in [1.82, 2.24) is 9.55 Å². The molecule has 1 heterocycles. The fourth-order valence-electron chi connectivity index (χ4n) is 2.28. The smallest absolute Gasteiger partial charge is 0.147 e. The molecule has 0 fully saturated rings. The van der Waals surface area contributed by atoms with Crippen molar-refractivity contribution in [3.8, 4) is 5.69 Å². The van der Waals surface area contributed by atoms with Crippen molar-refractivity contribution < 1.29 is 8.78 Å². The van der Waals surface area contributed by atoms with Gasteiger partial charge in [0, 0.05) is 6.07 Å². The van der Waals surface area contributed by atoms with Gasteiger partial charge < -0.3 is 0 Å². The standard InChI is InChI=1S/C15H10ClF2IN2/c1-8-2-3-9(17)13(4-8)21-14-5-10(18)11(19)6-12(14)20-15(21)7-16/h2-6H,7H2,1H3. The van der Waals surface area contributed by atoms with Gasteiger partial charge in [0.15, 0.2) is 0 Å². The molecule has 0 unspecified atom stereocenters. The first kappa shape index (κ1) is 14.7. The van der Waals surface area contributed by atoms with Crippen molar-refractivity contribution in [2.75, 3.05) is 0 Å². The number of imidazole rings is 1. The summed E-state index contributed by atoms with van der Waals surface area (Å²) in [5, 5.41) is 0. The molecule has 2 nitrogen and oxygen atoms in total. The van der Waals surface area contributed by atoms with Crippen LogP contribution >= 0.6 is 34.2 Å². The highest BCUT2D eigenvalue weighted by molar-refractivity contribution is 14.1. The van der Waals surface area contributed by atoms with Gasteiger partial charge in [-0.05, 0) is 53.3 Å². The van der Waals surface area contributed by atoms with Crippen molar-refractivity contribution in [3.63, 3.8) is 0 Å². The number of rotatable bonds is 2. The van der Waals surface area contributed by atoms with E-state index in [1.807, 2.05) is 29.5 Å². The summed E-state index contributed by atoms with van der Waals surface area (Å²) >= 11 is 7.82. The number of hydrogen-bond acceptors (Lipinski definition) is 1. The van der Waals surface area contributed by atoms with Crippen LogP contribution in [0.1, 0.15) is 11.4 Å². The fraction of sp³-hybridized carbons (Fsp3) is 0.133. The van der Waals surface area contributed by atoms with Crippen LogP contribution in [0.2, 0.25) is 0 Å². The van der Waals surface area contributed by atoms with Gasteiger partial charge in [-0.2, -0.15) is 0 Å². The molecule has 108 valence electrons. The average molecular weight is 419 g/mol. The molecule has 0 aliphatic heterocycles. The molecule has 0 saturated heterocycles. The second kappa shape index (κ2) is 5.53. The van der Waals surface area contributed by atoms with Crippen LogP contribution in [0.25, 0.3) is 16.7 Å². The maximum absolute atomic E-state index is 14.2. The summed E-state index contributed by atoms with van der Waals surface area (Å²) in [4.78, 5) is 4.37. The molecule has 0 aliphatic carbocycles. The number of fused-ring (bicyclic) bond motifs is 1. The molecule has 3 aromatic rings. The maximum Gasteiger partial charge on any atom is 0.147 e. The SMILES string of the molecule is Cc1ccc(F)c(-n2c(CCl)nc3cc(I)c(F)cc32)c1. The van der Waals surface area contributed by atoms with E-state index in [0.29, 0.717) is 26.1 Å². The zero-order valence-corrected chi connectivity index (χ0v) is 13.9. The number of alkyl halides is 1. The number of halogens is 4. The maximum atomic E-state index is 14.2. The molecule has 0 spiro atoms. The van der Waals surface area contributed by atoms with Crippen LogP contribution in [0.3, 0.4) is 0 Å². The Morgan fingerprint density at radius 1 is 1.19 bits per heavy atom. The summed E-state index contributed by atoms with van der Waals surface area (Å²) in [5.74, 6) is -0.165. The molecule has 0 N–H and O–H groups in total. The minimum absolute atomic E-state index is 0.111. The van der Waals surface area contributed by atoms with Gasteiger partial charge in [0.25, 0.3) is 0 Å². The zero-order chi connectivity index (χ0) is 15.1. The lowest BCUT2D eigenvalue weighted by atomic mass is 10.2. The number of hydrogen-bond donors (Lipinski definition) is 0. The lowest BCUT2D eigenvalue weighted by Gasteiger charge is -2.10. The lowest BCUT2D eigenvalue weighted by molar-refractivity contribution is 0.614. The van der Waals surface area contributed by atoms with E-state index in [-0.39, 0.29) is 11.7 Å². The van der Waals surface area contributed by atoms with Crippen LogP contribution in [-0.2, 0) is 5.88 Å². The first-order valence-corrected chi connectivity index (χ1v) is 7.81. The van der Waals surface area contributed by atoms with E-state index in [9.17, 15) is 8.78 Å². The van der Waals surface area contributed by atoms with E-state index in [1.165, 1.54) is 12.1 Å². The Hall–Kier alpha value is -1.21. The number of aryl methyl sites for hydroxylation is 1. The van der Waals surface area contributed by atoms with Gasteiger partial charge >= 0.3 is 0 Å². The molecule has 0 amide bonds. The van der Waals surface area contributed by atoms with Crippen molar-refractivity contribution in [2.45, 2.75) is 12.8 Å². The van der Waals surface area contributed by atoms with Gasteiger partial charge in [0.1, 0.15) is 17.5 Å².